The number of nitrogens with zero attached hydrogens (tertiary/aromatic N) is 3. The van der Waals surface area contributed by atoms with Crippen molar-refractivity contribution in [3.63, 3.8) is 0 Å². The summed E-state index contributed by atoms with van der Waals surface area (Å²) in [6.07, 6.45) is 4.61. The largest absolute Gasteiger partial charge is 0.342 e. The van der Waals surface area contributed by atoms with Crippen LogP contribution >= 0.6 is 0 Å². The maximum Gasteiger partial charge on any atom is 0.252 e. The van der Waals surface area contributed by atoms with Gasteiger partial charge in [-0.3, -0.25) is 24.0 Å². The third-order valence-electron chi connectivity index (χ3n) is 4.80. The highest BCUT2D eigenvalue weighted by Crippen LogP contribution is 2.28. The summed E-state index contributed by atoms with van der Waals surface area (Å²) in [5.41, 5.74) is -0.816. The summed E-state index contributed by atoms with van der Waals surface area (Å²) in [6.45, 7) is 4.97. The summed E-state index contributed by atoms with van der Waals surface area (Å²) in [6, 6.07) is 0.794. The van der Waals surface area contributed by atoms with Gasteiger partial charge in [0.1, 0.15) is 11.6 Å². The zero-order valence-corrected chi connectivity index (χ0v) is 14.0. The Bertz CT molecular complexity index is 634. The predicted molar refractivity (Wildman–Crippen MR) is 85.8 cm³/mol. The number of nitrogens with one attached hydrogen (secondary N) is 2. The molecule has 3 heterocycles. The molecule has 0 aliphatic carbocycles. The van der Waals surface area contributed by atoms with Crippen molar-refractivity contribution in [3.8, 4) is 0 Å². The van der Waals surface area contributed by atoms with Crippen molar-refractivity contribution < 1.29 is 14.4 Å². The van der Waals surface area contributed by atoms with Crippen molar-refractivity contribution in [1.82, 2.24) is 25.3 Å². The van der Waals surface area contributed by atoms with Gasteiger partial charge in [0.15, 0.2) is 0 Å². The Morgan fingerprint density at radius 2 is 2.08 bits per heavy atom. The molecule has 2 fully saturated rings. The van der Waals surface area contributed by atoms with Crippen LogP contribution in [0.3, 0.4) is 0 Å². The van der Waals surface area contributed by atoms with E-state index in [1.54, 1.807) is 37.0 Å². The molecule has 0 radical (unpaired) electrons. The number of amides is 3. The van der Waals surface area contributed by atoms with Gasteiger partial charge >= 0.3 is 0 Å². The molecule has 0 spiro atoms. The maximum absolute atomic E-state index is 13.0. The number of piperidine rings is 1. The molecule has 8 heteroatoms. The zero-order chi connectivity index (χ0) is 17.3. The van der Waals surface area contributed by atoms with E-state index in [1.165, 1.54) is 4.90 Å². The summed E-state index contributed by atoms with van der Waals surface area (Å²) >= 11 is 0. The normalized spacial score (nSPS) is 23.8. The SMILES string of the molecule is CC(C)N1C(=O)CC(NC(=O)C2(n3cccn3)CCNCC2)C1=O. The van der Waals surface area contributed by atoms with Crippen LogP contribution in [-0.2, 0) is 19.9 Å². The first-order valence-electron chi connectivity index (χ1n) is 8.33. The zero-order valence-electron chi connectivity index (χ0n) is 14.0. The fourth-order valence-corrected chi connectivity index (χ4v) is 3.52. The van der Waals surface area contributed by atoms with Crippen molar-refractivity contribution in [1.29, 1.82) is 0 Å². The molecule has 2 saturated heterocycles. The number of likely N-dealkylation sites (tertiary alicyclic amines) is 1. The van der Waals surface area contributed by atoms with Crippen LogP contribution < -0.4 is 10.6 Å². The third kappa shape index (κ3) is 2.71. The maximum atomic E-state index is 13.0. The molecule has 2 N–H and O–H groups in total. The lowest BCUT2D eigenvalue weighted by Crippen LogP contribution is -2.57. The fourth-order valence-electron chi connectivity index (χ4n) is 3.52. The number of imide groups is 1. The summed E-state index contributed by atoms with van der Waals surface area (Å²) < 4.78 is 1.67. The Labute approximate surface area is 140 Å². The number of hydrogen-bond acceptors (Lipinski definition) is 5. The molecule has 1 aromatic heterocycles. The van der Waals surface area contributed by atoms with E-state index < -0.39 is 11.6 Å². The van der Waals surface area contributed by atoms with Crippen molar-refractivity contribution in [3.05, 3.63) is 18.5 Å². The monoisotopic (exact) mass is 333 g/mol. The molecule has 2 aliphatic rings. The van der Waals surface area contributed by atoms with Crippen LogP contribution in [0.4, 0.5) is 0 Å². The van der Waals surface area contributed by atoms with Crippen molar-refractivity contribution in [2.45, 2.75) is 50.7 Å². The van der Waals surface area contributed by atoms with E-state index in [9.17, 15) is 14.4 Å². The number of aromatic nitrogens is 2. The van der Waals surface area contributed by atoms with Gasteiger partial charge < -0.3 is 10.6 Å². The van der Waals surface area contributed by atoms with Gasteiger partial charge in [-0.2, -0.15) is 5.10 Å². The van der Waals surface area contributed by atoms with Gasteiger partial charge in [-0.25, -0.2) is 0 Å². The molecule has 1 aromatic rings. The average Bonchev–Trinajstić information content (AvgIpc) is 3.17. The van der Waals surface area contributed by atoms with Crippen molar-refractivity contribution in [2.24, 2.45) is 0 Å². The molecule has 3 rings (SSSR count). The first-order valence-corrected chi connectivity index (χ1v) is 8.33. The Kier molecular flexibility index (Phi) is 4.40. The van der Waals surface area contributed by atoms with Crippen LogP contribution in [0.25, 0.3) is 0 Å². The number of hydrogen-bond donors (Lipinski definition) is 2. The van der Waals surface area contributed by atoms with Gasteiger partial charge in [0, 0.05) is 18.4 Å². The van der Waals surface area contributed by atoms with E-state index in [-0.39, 0.29) is 30.2 Å². The minimum absolute atomic E-state index is 0.0240. The van der Waals surface area contributed by atoms with Gasteiger partial charge in [0.05, 0.1) is 6.42 Å². The average molecular weight is 333 g/mol. The molecule has 1 atom stereocenters. The summed E-state index contributed by atoms with van der Waals surface area (Å²) in [5, 5.41) is 10.3. The molecule has 8 nitrogen and oxygen atoms in total. The van der Waals surface area contributed by atoms with Crippen molar-refractivity contribution >= 4 is 17.7 Å². The van der Waals surface area contributed by atoms with Crippen LogP contribution in [0, 0.1) is 0 Å². The van der Waals surface area contributed by atoms with Crippen LogP contribution in [0.2, 0.25) is 0 Å². The Morgan fingerprint density at radius 1 is 1.38 bits per heavy atom. The van der Waals surface area contributed by atoms with Gasteiger partial charge in [0.25, 0.3) is 5.91 Å². The molecule has 1 unspecified atom stereocenters. The number of rotatable bonds is 4. The van der Waals surface area contributed by atoms with E-state index in [0.29, 0.717) is 25.9 Å². The lowest BCUT2D eigenvalue weighted by molar-refractivity contribution is -0.142. The molecule has 24 heavy (non-hydrogen) atoms. The second-order valence-corrected chi connectivity index (χ2v) is 6.66. The van der Waals surface area contributed by atoms with Gasteiger partial charge in [0.2, 0.25) is 11.8 Å². The Morgan fingerprint density at radius 3 is 2.62 bits per heavy atom. The summed E-state index contributed by atoms with van der Waals surface area (Å²) in [4.78, 5) is 38.7. The van der Waals surface area contributed by atoms with Gasteiger partial charge in [-0.05, 0) is 45.8 Å². The Hall–Kier alpha value is -2.22. The summed E-state index contributed by atoms with van der Waals surface area (Å²) in [7, 11) is 0. The third-order valence-corrected chi connectivity index (χ3v) is 4.80. The number of carbonyl (C=O) groups excluding carboxylic acids is 3. The summed E-state index contributed by atoms with van der Waals surface area (Å²) in [5.74, 6) is -0.809. The van der Waals surface area contributed by atoms with Gasteiger partial charge in [-0.1, -0.05) is 0 Å². The van der Waals surface area contributed by atoms with E-state index in [2.05, 4.69) is 15.7 Å². The van der Waals surface area contributed by atoms with E-state index in [4.69, 9.17) is 0 Å². The molecular weight excluding hydrogens is 310 g/mol. The Balaban J connectivity index is 1.80. The van der Waals surface area contributed by atoms with E-state index in [0.717, 1.165) is 0 Å². The molecule has 0 bridgehead atoms. The van der Waals surface area contributed by atoms with Crippen LogP contribution in [0.15, 0.2) is 18.5 Å². The molecule has 3 amide bonds. The molecule has 130 valence electrons. The molecular formula is C16H23N5O3. The van der Waals surface area contributed by atoms with E-state index >= 15 is 0 Å². The van der Waals surface area contributed by atoms with Crippen LogP contribution in [0.5, 0.6) is 0 Å². The lowest BCUT2D eigenvalue weighted by Gasteiger charge is -2.37. The van der Waals surface area contributed by atoms with Crippen molar-refractivity contribution in [2.75, 3.05) is 13.1 Å². The van der Waals surface area contributed by atoms with Crippen LogP contribution in [-0.4, -0.2) is 57.6 Å². The smallest absolute Gasteiger partial charge is 0.252 e. The lowest BCUT2D eigenvalue weighted by atomic mass is 9.87. The minimum Gasteiger partial charge on any atom is -0.342 e. The highest BCUT2D eigenvalue weighted by atomic mass is 16.2. The van der Waals surface area contributed by atoms with E-state index in [1.807, 2.05) is 0 Å². The highest BCUT2D eigenvalue weighted by molar-refractivity contribution is 6.07. The second-order valence-electron chi connectivity index (χ2n) is 6.66. The first-order chi connectivity index (χ1) is 11.5. The second kappa shape index (κ2) is 6.35. The van der Waals surface area contributed by atoms with Gasteiger partial charge in [-0.15, -0.1) is 0 Å². The first kappa shape index (κ1) is 16.6. The minimum atomic E-state index is -0.816. The molecule has 0 aromatic carbocycles. The standard InChI is InChI=1S/C16H23N5O3/c1-11(2)21-13(22)10-12(14(21)23)19-15(24)16(4-7-17-8-5-16)20-9-3-6-18-20/h3,6,9,11-12,17H,4-5,7-8,10H2,1-2H3,(H,19,24). The quantitative estimate of drug-likeness (QED) is 0.732. The predicted octanol–water partition coefficient (Wildman–Crippen LogP) is -0.386. The topological polar surface area (TPSA) is 96.3 Å². The molecule has 0 saturated carbocycles. The number of carbonyl (C=O) groups is 3. The highest BCUT2D eigenvalue weighted by Gasteiger charge is 2.46. The molecule has 2 aliphatic heterocycles. The van der Waals surface area contributed by atoms with Crippen LogP contribution in [0.1, 0.15) is 33.1 Å². The fraction of sp³-hybridized carbons (Fsp3) is 0.625.